The lowest BCUT2D eigenvalue weighted by Gasteiger charge is -2.20. The SMILES string of the molecule is OCC1CCN(CC(O)COc2c(Cl)cccc2Cl)C1. The number of hydrogen-bond donors (Lipinski definition) is 2. The third kappa shape index (κ3) is 4.24. The zero-order valence-electron chi connectivity index (χ0n) is 11.1. The molecule has 0 bridgehead atoms. The number of β-amino-alcohol motifs (C(OH)–C–C–N with tert-alkyl or cyclic N) is 1. The lowest BCUT2D eigenvalue weighted by Crippen LogP contribution is -2.34. The molecule has 2 atom stereocenters. The number of aliphatic hydroxyl groups is 2. The number of likely N-dealkylation sites (tertiary alicyclic amines) is 1. The lowest BCUT2D eigenvalue weighted by atomic mass is 10.1. The van der Waals surface area contributed by atoms with E-state index in [9.17, 15) is 5.11 Å². The Kier molecular flexibility index (Phi) is 5.93. The first-order valence-electron chi connectivity index (χ1n) is 6.68. The van der Waals surface area contributed by atoms with E-state index in [1.165, 1.54) is 0 Å². The summed E-state index contributed by atoms with van der Waals surface area (Å²) in [6.45, 7) is 2.59. The van der Waals surface area contributed by atoms with Crippen molar-refractivity contribution in [1.29, 1.82) is 0 Å². The van der Waals surface area contributed by atoms with Crippen LogP contribution in [0.5, 0.6) is 5.75 Å². The molecule has 2 rings (SSSR count). The molecule has 1 fully saturated rings. The molecule has 1 aromatic rings. The number of rotatable bonds is 6. The molecule has 1 saturated heterocycles. The first-order chi connectivity index (χ1) is 9.60. The van der Waals surface area contributed by atoms with Crippen molar-refractivity contribution in [3.05, 3.63) is 28.2 Å². The normalized spacial score (nSPS) is 21.1. The van der Waals surface area contributed by atoms with Gasteiger partial charge in [-0.25, -0.2) is 0 Å². The molecule has 1 aliphatic heterocycles. The molecule has 1 aliphatic rings. The van der Waals surface area contributed by atoms with Gasteiger partial charge in [-0.15, -0.1) is 0 Å². The topological polar surface area (TPSA) is 52.9 Å². The summed E-state index contributed by atoms with van der Waals surface area (Å²) in [5.74, 6) is 0.727. The Balaban J connectivity index is 1.79. The molecular weight excluding hydrogens is 301 g/mol. The summed E-state index contributed by atoms with van der Waals surface area (Å²) in [4.78, 5) is 2.13. The zero-order valence-corrected chi connectivity index (χ0v) is 12.6. The first kappa shape index (κ1) is 15.9. The van der Waals surface area contributed by atoms with Gasteiger partial charge < -0.3 is 19.8 Å². The van der Waals surface area contributed by atoms with Gasteiger partial charge in [0.2, 0.25) is 0 Å². The Labute approximate surface area is 128 Å². The smallest absolute Gasteiger partial charge is 0.156 e. The maximum atomic E-state index is 10.00. The summed E-state index contributed by atoms with van der Waals surface area (Å²) in [5, 5.41) is 20.0. The van der Waals surface area contributed by atoms with Crippen LogP contribution in [0.1, 0.15) is 6.42 Å². The predicted molar refractivity (Wildman–Crippen MR) is 79.6 cm³/mol. The van der Waals surface area contributed by atoms with Crippen LogP contribution in [0.25, 0.3) is 0 Å². The van der Waals surface area contributed by atoms with Crippen LogP contribution >= 0.6 is 23.2 Å². The van der Waals surface area contributed by atoms with Crippen LogP contribution in [-0.2, 0) is 0 Å². The highest BCUT2D eigenvalue weighted by Crippen LogP contribution is 2.32. The fourth-order valence-corrected chi connectivity index (χ4v) is 2.88. The molecule has 0 aromatic heterocycles. The summed E-state index contributed by atoms with van der Waals surface area (Å²) in [7, 11) is 0. The highest BCUT2D eigenvalue weighted by molar-refractivity contribution is 6.37. The molecule has 0 aliphatic carbocycles. The Morgan fingerprint density at radius 1 is 1.35 bits per heavy atom. The number of aliphatic hydroxyl groups excluding tert-OH is 2. The van der Waals surface area contributed by atoms with Crippen LogP contribution in [0.4, 0.5) is 0 Å². The van der Waals surface area contributed by atoms with Gasteiger partial charge in [-0.1, -0.05) is 29.3 Å². The fraction of sp³-hybridized carbons (Fsp3) is 0.571. The molecule has 0 spiro atoms. The molecular formula is C14H19Cl2NO3. The van der Waals surface area contributed by atoms with Crippen molar-refractivity contribution in [3.8, 4) is 5.75 Å². The maximum Gasteiger partial charge on any atom is 0.156 e. The Morgan fingerprint density at radius 3 is 2.65 bits per heavy atom. The summed E-state index contributed by atoms with van der Waals surface area (Å²) in [5.41, 5.74) is 0. The molecule has 4 nitrogen and oxygen atoms in total. The summed E-state index contributed by atoms with van der Waals surface area (Å²) in [6, 6.07) is 5.14. The highest BCUT2D eigenvalue weighted by atomic mass is 35.5. The molecule has 2 N–H and O–H groups in total. The standard InChI is InChI=1S/C14H19Cl2NO3/c15-12-2-1-3-13(16)14(12)20-9-11(19)7-17-5-4-10(6-17)8-18/h1-3,10-11,18-19H,4-9H2. The molecule has 1 aromatic carbocycles. The van der Waals surface area contributed by atoms with Gasteiger partial charge in [-0.3, -0.25) is 0 Å². The lowest BCUT2D eigenvalue weighted by molar-refractivity contribution is 0.0736. The number of para-hydroxylation sites is 1. The minimum Gasteiger partial charge on any atom is -0.488 e. The second kappa shape index (κ2) is 7.48. The molecule has 2 unspecified atom stereocenters. The summed E-state index contributed by atoms with van der Waals surface area (Å²) >= 11 is 12.0. The Bertz CT molecular complexity index is 424. The molecule has 112 valence electrons. The second-order valence-electron chi connectivity index (χ2n) is 5.11. The van der Waals surface area contributed by atoms with Crippen molar-refractivity contribution in [2.75, 3.05) is 32.8 Å². The van der Waals surface area contributed by atoms with E-state index in [1.807, 2.05) is 0 Å². The molecule has 6 heteroatoms. The first-order valence-corrected chi connectivity index (χ1v) is 7.44. The zero-order chi connectivity index (χ0) is 14.5. The fourth-order valence-electron chi connectivity index (χ4n) is 2.38. The summed E-state index contributed by atoms with van der Waals surface area (Å²) in [6.07, 6.45) is 0.361. The number of nitrogens with zero attached hydrogens (tertiary/aromatic N) is 1. The van der Waals surface area contributed by atoms with Crippen molar-refractivity contribution < 1.29 is 14.9 Å². The van der Waals surface area contributed by atoms with Gasteiger partial charge in [-0.2, -0.15) is 0 Å². The van der Waals surface area contributed by atoms with Gasteiger partial charge >= 0.3 is 0 Å². The van der Waals surface area contributed by atoms with E-state index >= 15 is 0 Å². The van der Waals surface area contributed by atoms with E-state index in [2.05, 4.69) is 4.90 Å². The van der Waals surface area contributed by atoms with Crippen molar-refractivity contribution in [2.45, 2.75) is 12.5 Å². The van der Waals surface area contributed by atoms with Gasteiger partial charge in [-0.05, 0) is 31.0 Å². The number of halogens is 2. The minimum absolute atomic E-state index is 0.143. The number of hydrogen-bond acceptors (Lipinski definition) is 4. The van der Waals surface area contributed by atoms with Crippen molar-refractivity contribution >= 4 is 23.2 Å². The van der Waals surface area contributed by atoms with Crippen LogP contribution in [0, 0.1) is 5.92 Å². The van der Waals surface area contributed by atoms with Crippen LogP contribution in [-0.4, -0.2) is 54.1 Å². The highest BCUT2D eigenvalue weighted by Gasteiger charge is 2.23. The van der Waals surface area contributed by atoms with Gasteiger partial charge in [0.15, 0.2) is 5.75 Å². The van der Waals surface area contributed by atoms with E-state index in [4.69, 9.17) is 33.0 Å². The Morgan fingerprint density at radius 2 is 2.05 bits per heavy atom. The average molecular weight is 320 g/mol. The van der Waals surface area contributed by atoms with E-state index in [0.29, 0.717) is 28.3 Å². The average Bonchev–Trinajstić information content (AvgIpc) is 2.86. The number of benzene rings is 1. The van der Waals surface area contributed by atoms with Crippen molar-refractivity contribution in [2.24, 2.45) is 5.92 Å². The summed E-state index contributed by atoms with van der Waals surface area (Å²) < 4.78 is 5.50. The minimum atomic E-state index is -0.611. The maximum absolute atomic E-state index is 10.00. The van der Waals surface area contributed by atoms with Crippen LogP contribution in [0.2, 0.25) is 10.0 Å². The number of ether oxygens (including phenoxy) is 1. The van der Waals surface area contributed by atoms with Crippen molar-refractivity contribution in [3.63, 3.8) is 0 Å². The molecule has 1 heterocycles. The van der Waals surface area contributed by atoms with Gasteiger partial charge in [0.1, 0.15) is 12.7 Å². The van der Waals surface area contributed by atoms with Crippen LogP contribution in [0.3, 0.4) is 0 Å². The van der Waals surface area contributed by atoms with Gasteiger partial charge in [0.25, 0.3) is 0 Å². The third-order valence-corrected chi connectivity index (χ3v) is 4.03. The quantitative estimate of drug-likeness (QED) is 0.842. The third-order valence-electron chi connectivity index (χ3n) is 3.44. The van der Waals surface area contributed by atoms with Crippen molar-refractivity contribution in [1.82, 2.24) is 4.90 Å². The predicted octanol–water partition coefficient (Wildman–Crippen LogP) is 2.05. The van der Waals surface area contributed by atoms with E-state index in [-0.39, 0.29) is 13.2 Å². The monoisotopic (exact) mass is 319 g/mol. The largest absolute Gasteiger partial charge is 0.488 e. The van der Waals surface area contributed by atoms with Crippen LogP contribution in [0.15, 0.2) is 18.2 Å². The molecule has 0 saturated carbocycles. The molecule has 0 amide bonds. The van der Waals surface area contributed by atoms with Gasteiger partial charge in [0, 0.05) is 19.7 Å². The molecule has 0 radical (unpaired) electrons. The molecule has 20 heavy (non-hydrogen) atoms. The van der Waals surface area contributed by atoms with E-state index in [0.717, 1.165) is 19.5 Å². The van der Waals surface area contributed by atoms with Crippen LogP contribution < -0.4 is 4.74 Å². The second-order valence-corrected chi connectivity index (χ2v) is 5.93. The van der Waals surface area contributed by atoms with Gasteiger partial charge in [0.05, 0.1) is 10.0 Å². The Hall–Kier alpha value is -0.520. The van der Waals surface area contributed by atoms with E-state index < -0.39 is 6.10 Å². The van der Waals surface area contributed by atoms with E-state index in [1.54, 1.807) is 18.2 Å².